The Bertz CT molecular complexity index is 727. The smallest absolute Gasteiger partial charge is 0.209 e. The van der Waals surface area contributed by atoms with Gasteiger partial charge >= 0.3 is 0 Å². The molecule has 0 aliphatic carbocycles. The fourth-order valence-electron chi connectivity index (χ4n) is 3.21. The molecular formula is C18H20N4O. The molecule has 118 valence electrons. The molecule has 0 bridgehead atoms. The van der Waals surface area contributed by atoms with Crippen molar-refractivity contribution in [3.63, 3.8) is 0 Å². The van der Waals surface area contributed by atoms with E-state index in [9.17, 15) is 0 Å². The van der Waals surface area contributed by atoms with Gasteiger partial charge < -0.3 is 4.42 Å². The van der Waals surface area contributed by atoms with Gasteiger partial charge in [-0.1, -0.05) is 30.3 Å². The fourth-order valence-corrected chi connectivity index (χ4v) is 3.21. The van der Waals surface area contributed by atoms with Crippen LogP contribution in [0.1, 0.15) is 30.3 Å². The normalized spacial score (nSPS) is 16.7. The SMILES string of the molecule is c1ccc(-c2cnc(CN3CCC(c4ccn[nH]4)CC3)o2)cc1. The lowest BCUT2D eigenvalue weighted by molar-refractivity contribution is 0.187. The van der Waals surface area contributed by atoms with Gasteiger partial charge in [-0.05, 0) is 32.0 Å². The maximum Gasteiger partial charge on any atom is 0.209 e. The summed E-state index contributed by atoms with van der Waals surface area (Å²) < 4.78 is 5.90. The summed E-state index contributed by atoms with van der Waals surface area (Å²) in [5, 5.41) is 7.15. The topological polar surface area (TPSA) is 58.0 Å². The molecule has 0 radical (unpaired) electrons. The molecule has 0 unspecified atom stereocenters. The summed E-state index contributed by atoms with van der Waals surface area (Å²) in [6.45, 7) is 2.90. The van der Waals surface area contributed by atoms with Crippen LogP contribution in [0.15, 0.2) is 53.2 Å². The molecule has 5 nitrogen and oxygen atoms in total. The highest BCUT2D eigenvalue weighted by atomic mass is 16.4. The number of nitrogens with one attached hydrogen (secondary N) is 1. The Morgan fingerprint density at radius 1 is 1.13 bits per heavy atom. The number of oxazole rings is 1. The molecule has 1 N–H and O–H groups in total. The fraction of sp³-hybridized carbons (Fsp3) is 0.333. The van der Waals surface area contributed by atoms with Gasteiger partial charge in [0, 0.05) is 23.4 Å². The number of aromatic amines is 1. The van der Waals surface area contributed by atoms with Gasteiger partial charge in [0.25, 0.3) is 0 Å². The van der Waals surface area contributed by atoms with Crippen molar-refractivity contribution in [1.29, 1.82) is 0 Å². The third kappa shape index (κ3) is 3.19. The number of piperidine rings is 1. The van der Waals surface area contributed by atoms with Crippen molar-refractivity contribution in [3.05, 3.63) is 60.4 Å². The summed E-state index contributed by atoms with van der Waals surface area (Å²) in [6, 6.07) is 12.2. The first-order valence-electron chi connectivity index (χ1n) is 8.10. The Kier molecular flexibility index (Phi) is 3.94. The number of H-pyrrole nitrogens is 1. The number of aromatic nitrogens is 3. The Labute approximate surface area is 135 Å². The maximum atomic E-state index is 5.90. The molecule has 4 rings (SSSR count). The van der Waals surface area contributed by atoms with E-state index in [1.165, 1.54) is 5.69 Å². The zero-order valence-electron chi connectivity index (χ0n) is 13.0. The van der Waals surface area contributed by atoms with E-state index in [1.54, 1.807) is 0 Å². The van der Waals surface area contributed by atoms with Crippen molar-refractivity contribution in [2.75, 3.05) is 13.1 Å². The Hall–Kier alpha value is -2.40. The Morgan fingerprint density at radius 3 is 2.70 bits per heavy atom. The van der Waals surface area contributed by atoms with E-state index in [1.807, 2.05) is 42.7 Å². The van der Waals surface area contributed by atoms with Crippen LogP contribution in [0, 0.1) is 0 Å². The standard InChI is InChI=1S/C18H20N4O/c1-2-4-15(5-3-1)17-12-19-18(23-17)13-22-10-7-14(8-11-22)16-6-9-20-21-16/h1-6,9,12,14H,7-8,10-11,13H2,(H,20,21). The molecule has 1 aliphatic rings. The number of hydrogen-bond donors (Lipinski definition) is 1. The second kappa shape index (κ2) is 6.38. The lowest BCUT2D eigenvalue weighted by Crippen LogP contribution is -2.32. The van der Waals surface area contributed by atoms with Crippen LogP contribution in [-0.4, -0.2) is 33.2 Å². The number of rotatable bonds is 4. The molecular weight excluding hydrogens is 288 g/mol. The molecule has 1 aliphatic heterocycles. The van der Waals surface area contributed by atoms with Crippen LogP contribution in [0.5, 0.6) is 0 Å². The van der Waals surface area contributed by atoms with Crippen LogP contribution >= 0.6 is 0 Å². The van der Waals surface area contributed by atoms with E-state index in [0.717, 1.165) is 49.7 Å². The summed E-state index contributed by atoms with van der Waals surface area (Å²) in [4.78, 5) is 6.84. The lowest BCUT2D eigenvalue weighted by atomic mass is 9.94. The summed E-state index contributed by atoms with van der Waals surface area (Å²) in [5.74, 6) is 2.23. The van der Waals surface area contributed by atoms with Crippen LogP contribution in [-0.2, 0) is 6.54 Å². The molecule has 1 aromatic carbocycles. The molecule has 1 saturated heterocycles. The van der Waals surface area contributed by atoms with E-state index >= 15 is 0 Å². The average Bonchev–Trinajstić information content (AvgIpc) is 3.28. The molecule has 0 spiro atoms. The average molecular weight is 308 g/mol. The molecule has 2 aromatic heterocycles. The monoisotopic (exact) mass is 308 g/mol. The van der Waals surface area contributed by atoms with Gasteiger partial charge in [-0.2, -0.15) is 5.10 Å². The second-order valence-corrected chi connectivity index (χ2v) is 6.05. The van der Waals surface area contributed by atoms with Crippen LogP contribution in [0.3, 0.4) is 0 Å². The van der Waals surface area contributed by atoms with Gasteiger partial charge in [-0.3, -0.25) is 10.00 Å². The van der Waals surface area contributed by atoms with E-state index in [0.29, 0.717) is 5.92 Å². The third-order valence-electron chi connectivity index (χ3n) is 4.52. The van der Waals surface area contributed by atoms with Crippen molar-refractivity contribution in [3.8, 4) is 11.3 Å². The molecule has 1 fully saturated rings. The van der Waals surface area contributed by atoms with Crippen molar-refractivity contribution >= 4 is 0 Å². The van der Waals surface area contributed by atoms with Gasteiger partial charge in [-0.25, -0.2) is 4.98 Å². The highest BCUT2D eigenvalue weighted by Gasteiger charge is 2.22. The first-order chi connectivity index (χ1) is 11.4. The van der Waals surface area contributed by atoms with Crippen LogP contribution in [0.2, 0.25) is 0 Å². The van der Waals surface area contributed by atoms with Gasteiger partial charge in [0.2, 0.25) is 5.89 Å². The zero-order chi connectivity index (χ0) is 15.5. The predicted molar refractivity (Wildman–Crippen MR) is 87.8 cm³/mol. The van der Waals surface area contributed by atoms with Crippen molar-refractivity contribution in [1.82, 2.24) is 20.1 Å². The lowest BCUT2D eigenvalue weighted by Gasteiger charge is -2.30. The Morgan fingerprint density at radius 2 is 1.96 bits per heavy atom. The third-order valence-corrected chi connectivity index (χ3v) is 4.52. The van der Waals surface area contributed by atoms with E-state index in [-0.39, 0.29) is 0 Å². The van der Waals surface area contributed by atoms with E-state index < -0.39 is 0 Å². The van der Waals surface area contributed by atoms with Crippen molar-refractivity contribution < 1.29 is 4.42 Å². The number of likely N-dealkylation sites (tertiary alicyclic amines) is 1. The van der Waals surface area contributed by atoms with Crippen molar-refractivity contribution in [2.45, 2.75) is 25.3 Å². The summed E-state index contributed by atoms with van der Waals surface area (Å²) in [7, 11) is 0. The zero-order valence-corrected chi connectivity index (χ0v) is 13.0. The quantitative estimate of drug-likeness (QED) is 0.802. The molecule has 23 heavy (non-hydrogen) atoms. The van der Waals surface area contributed by atoms with Gasteiger partial charge in [0.15, 0.2) is 5.76 Å². The van der Waals surface area contributed by atoms with Crippen LogP contribution in [0.25, 0.3) is 11.3 Å². The number of hydrogen-bond acceptors (Lipinski definition) is 4. The van der Waals surface area contributed by atoms with Gasteiger partial charge in [0.05, 0.1) is 12.7 Å². The maximum absolute atomic E-state index is 5.90. The van der Waals surface area contributed by atoms with Crippen LogP contribution in [0.4, 0.5) is 0 Å². The highest BCUT2D eigenvalue weighted by Crippen LogP contribution is 2.27. The number of benzene rings is 1. The minimum absolute atomic E-state index is 0.596. The molecule has 0 atom stereocenters. The molecule has 0 amide bonds. The van der Waals surface area contributed by atoms with E-state index in [4.69, 9.17) is 4.42 Å². The second-order valence-electron chi connectivity index (χ2n) is 6.05. The minimum atomic E-state index is 0.596. The highest BCUT2D eigenvalue weighted by molar-refractivity contribution is 5.55. The first-order valence-corrected chi connectivity index (χ1v) is 8.10. The molecule has 3 heterocycles. The van der Waals surface area contributed by atoms with Gasteiger partial charge in [-0.15, -0.1) is 0 Å². The number of nitrogens with zero attached hydrogens (tertiary/aromatic N) is 3. The predicted octanol–water partition coefficient (Wildman–Crippen LogP) is 3.44. The van der Waals surface area contributed by atoms with E-state index in [2.05, 4.69) is 26.1 Å². The van der Waals surface area contributed by atoms with Gasteiger partial charge in [0.1, 0.15) is 0 Å². The summed E-state index contributed by atoms with van der Waals surface area (Å²) >= 11 is 0. The largest absolute Gasteiger partial charge is 0.439 e. The summed E-state index contributed by atoms with van der Waals surface area (Å²) in [5.41, 5.74) is 2.33. The molecule has 0 saturated carbocycles. The summed E-state index contributed by atoms with van der Waals surface area (Å²) in [6.07, 6.45) is 5.95. The Balaban J connectivity index is 1.36. The van der Waals surface area contributed by atoms with Crippen molar-refractivity contribution in [2.24, 2.45) is 0 Å². The van der Waals surface area contributed by atoms with Crippen LogP contribution < -0.4 is 0 Å². The molecule has 5 heteroatoms. The minimum Gasteiger partial charge on any atom is -0.439 e. The molecule has 3 aromatic rings. The first kappa shape index (κ1) is 14.2.